The molecule has 7 heteroatoms. The van der Waals surface area contributed by atoms with Crippen molar-refractivity contribution in [2.45, 2.75) is 25.4 Å². The van der Waals surface area contributed by atoms with Gasteiger partial charge in [-0.1, -0.05) is 23.7 Å². The molecule has 0 aliphatic carbocycles. The van der Waals surface area contributed by atoms with Crippen LogP contribution in [0.3, 0.4) is 0 Å². The molecule has 2 aliphatic heterocycles. The number of fused-ring (bicyclic) bond motifs is 1. The van der Waals surface area contributed by atoms with E-state index in [0.717, 1.165) is 44.0 Å². The first-order valence-corrected chi connectivity index (χ1v) is 10.1. The van der Waals surface area contributed by atoms with Crippen LogP contribution in [0.1, 0.15) is 18.4 Å². The predicted molar refractivity (Wildman–Crippen MR) is 110 cm³/mol. The zero-order valence-electron chi connectivity index (χ0n) is 16.4. The second-order valence-electron chi connectivity index (χ2n) is 8.02. The highest BCUT2D eigenvalue weighted by molar-refractivity contribution is 6.30. The molecule has 0 N–H and O–H groups in total. The van der Waals surface area contributed by atoms with Crippen molar-refractivity contribution in [3.63, 3.8) is 0 Å². The Bertz CT molecular complexity index is 846. The van der Waals surface area contributed by atoms with Crippen molar-refractivity contribution < 1.29 is 4.79 Å². The average molecular weight is 400 g/mol. The normalized spacial score (nSPS) is 24.8. The molecule has 1 amide bonds. The van der Waals surface area contributed by atoms with Gasteiger partial charge in [0.2, 0.25) is 11.9 Å². The number of halogens is 1. The van der Waals surface area contributed by atoms with Crippen LogP contribution in [-0.4, -0.2) is 65.4 Å². The number of hydrogen-bond acceptors (Lipinski definition) is 5. The summed E-state index contributed by atoms with van der Waals surface area (Å²) in [4.78, 5) is 28.6. The maximum Gasteiger partial charge on any atom is 0.231 e. The molecule has 28 heavy (non-hydrogen) atoms. The summed E-state index contributed by atoms with van der Waals surface area (Å²) in [6, 6.07) is 9.85. The lowest BCUT2D eigenvalue weighted by molar-refractivity contribution is -0.140. The van der Waals surface area contributed by atoms with E-state index in [9.17, 15) is 4.79 Å². The average Bonchev–Trinajstić information content (AvgIpc) is 3.07. The second-order valence-corrected chi connectivity index (χ2v) is 8.45. The molecule has 0 saturated carbocycles. The Kier molecular flexibility index (Phi) is 5.25. The van der Waals surface area contributed by atoms with Gasteiger partial charge in [0.05, 0.1) is 11.5 Å². The third-order valence-corrected chi connectivity index (χ3v) is 6.14. The lowest BCUT2D eigenvalue weighted by Gasteiger charge is -2.45. The van der Waals surface area contributed by atoms with Crippen LogP contribution >= 0.6 is 11.6 Å². The quantitative estimate of drug-likeness (QED) is 0.791. The van der Waals surface area contributed by atoms with E-state index in [2.05, 4.69) is 25.8 Å². The number of rotatable bonds is 4. The van der Waals surface area contributed by atoms with E-state index in [0.29, 0.717) is 5.95 Å². The highest BCUT2D eigenvalue weighted by atomic mass is 35.5. The van der Waals surface area contributed by atoms with Crippen LogP contribution in [0.4, 0.5) is 5.95 Å². The fraction of sp³-hybridized carbons (Fsp3) is 0.476. The zero-order chi connectivity index (χ0) is 19.7. The van der Waals surface area contributed by atoms with Gasteiger partial charge in [0, 0.05) is 57.7 Å². The molecule has 0 unspecified atom stereocenters. The summed E-state index contributed by atoms with van der Waals surface area (Å²) in [6.07, 6.45) is 5.39. The van der Waals surface area contributed by atoms with Crippen LogP contribution in [0.25, 0.3) is 0 Å². The summed E-state index contributed by atoms with van der Waals surface area (Å²) in [7, 11) is 3.71. The minimum absolute atomic E-state index is 0.0673. The summed E-state index contributed by atoms with van der Waals surface area (Å²) in [5, 5.41) is 0.743. The first kappa shape index (κ1) is 19.2. The van der Waals surface area contributed by atoms with Gasteiger partial charge in [-0.2, -0.15) is 0 Å². The van der Waals surface area contributed by atoms with E-state index < -0.39 is 5.41 Å². The molecule has 2 atom stereocenters. The third-order valence-electron chi connectivity index (χ3n) is 5.91. The molecule has 0 bridgehead atoms. The Labute approximate surface area is 171 Å². The van der Waals surface area contributed by atoms with E-state index in [1.807, 2.05) is 38.4 Å². The lowest BCUT2D eigenvalue weighted by atomic mass is 9.74. The molecule has 0 spiro atoms. The molecular weight excluding hydrogens is 374 g/mol. The standard InChI is InChI=1S/C21H26ClN5O/c1-25(2)19(28)21-8-4-11-27(20-23-9-5-10-24-20)18(21)14-26(15-21)13-16-6-3-7-17(22)12-16/h3,5-7,9-10,12,18H,4,8,11,13-15H2,1-2H3/t18-,21+/m0/s1. The first-order valence-electron chi connectivity index (χ1n) is 9.72. The number of piperidine rings is 1. The number of anilines is 1. The SMILES string of the molecule is CN(C)C(=O)[C@@]12CCCN(c3ncccn3)[C@H]1CN(Cc1cccc(Cl)c1)C2. The largest absolute Gasteiger partial charge is 0.348 e. The maximum atomic E-state index is 13.3. The molecule has 2 fully saturated rings. The van der Waals surface area contributed by atoms with E-state index in [1.54, 1.807) is 17.3 Å². The Morgan fingerprint density at radius 3 is 2.79 bits per heavy atom. The first-order chi connectivity index (χ1) is 13.5. The Balaban J connectivity index is 1.66. The molecule has 1 aromatic carbocycles. The number of likely N-dealkylation sites (tertiary alicyclic amines) is 1. The Hall–Kier alpha value is -2.18. The number of benzene rings is 1. The topological polar surface area (TPSA) is 52.6 Å². The summed E-state index contributed by atoms with van der Waals surface area (Å²) in [5.74, 6) is 0.916. The molecule has 148 valence electrons. The van der Waals surface area contributed by atoms with Crippen molar-refractivity contribution >= 4 is 23.5 Å². The molecule has 3 heterocycles. The monoisotopic (exact) mass is 399 g/mol. The Morgan fingerprint density at radius 2 is 2.07 bits per heavy atom. The molecule has 2 aliphatic rings. The van der Waals surface area contributed by atoms with Gasteiger partial charge in [-0.3, -0.25) is 9.69 Å². The van der Waals surface area contributed by atoms with E-state index in [1.165, 1.54) is 5.56 Å². The lowest BCUT2D eigenvalue weighted by Crippen LogP contribution is -2.58. The molecule has 2 saturated heterocycles. The zero-order valence-corrected chi connectivity index (χ0v) is 17.1. The number of nitrogens with zero attached hydrogens (tertiary/aromatic N) is 5. The minimum Gasteiger partial charge on any atom is -0.348 e. The number of carbonyl (C=O) groups is 1. The summed E-state index contributed by atoms with van der Waals surface area (Å²) >= 11 is 6.17. The van der Waals surface area contributed by atoms with Crippen LogP contribution in [0, 0.1) is 5.41 Å². The van der Waals surface area contributed by atoms with E-state index in [4.69, 9.17) is 11.6 Å². The van der Waals surface area contributed by atoms with Gasteiger partial charge in [-0.05, 0) is 36.6 Å². The highest BCUT2D eigenvalue weighted by Crippen LogP contribution is 2.44. The summed E-state index contributed by atoms with van der Waals surface area (Å²) in [6.45, 7) is 3.21. The summed E-state index contributed by atoms with van der Waals surface area (Å²) in [5.41, 5.74) is 0.737. The highest BCUT2D eigenvalue weighted by Gasteiger charge is 2.56. The fourth-order valence-corrected chi connectivity index (χ4v) is 5.02. The van der Waals surface area contributed by atoms with Crippen LogP contribution in [0.15, 0.2) is 42.7 Å². The van der Waals surface area contributed by atoms with Crippen LogP contribution in [0.2, 0.25) is 5.02 Å². The van der Waals surface area contributed by atoms with Gasteiger partial charge in [-0.25, -0.2) is 9.97 Å². The van der Waals surface area contributed by atoms with Gasteiger partial charge in [-0.15, -0.1) is 0 Å². The summed E-state index contributed by atoms with van der Waals surface area (Å²) < 4.78 is 0. The minimum atomic E-state index is -0.431. The molecule has 4 rings (SSSR count). The molecule has 0 radical (unpaired) electrons. The molecule has 6 nitrogen and oxygen atoms in total. The number of carbonyl (C=O) groups excluding carboxylic acids is 1. The number of hydrogen-bond donors (Lipinski definition) is 0. The van der Waals surface area contributed by atoms with Crippen molar-refractivity contribution in [1.82, 2.24) is 19.8 Å². The van der Waals surface area contributed by atoms with Crippen molar-refractivity contribution in [3.05, 3.63) is 53.3 Å². The van der Waals surface area contributed by atoms with Gasteiger partial charge in [0.25, 0.3) is 0 Å². The van der Waals surface area contributed by atoms with Gasteiger partial charge < -0.3 is 9.80 Å². The van der Waals surface area contributed by atoms with Crippen LogP contribution in [-0.2, 0) is 11.3 Å². The van der Waals surface area contributed by atoms with Crippen LogP contribution in [0.5, 0.6) is 0 Å². The number of amides is 1. The second kappa shape index (κ2) is 7.68. The van der Waals surface area contributed by atoms with Gasteiger partial charge >= 0.3 is 0 Å². The van der Waals surface area contributed by atoms with Crippen molar-refractivity contribution in [1.29, 1.82) is 0 Å². The Morgan fingerprint density at radius 1 is 1.29 bits per heavy atom. The van der Waals surface area contributed by atoms with E-state index in [-0.39, 0.29) is 11.9 Å². The molecular formula is C21H26ClN5O. The maximum absolute atomic E-state index is 13.3. The van der Waals surface area contributed by atoms with Crippen LogP contribution < -0.4 is 4.90 Å². The van der Waals surface area contributed by atoms with Crippen molar-refractivity contribution in [3.8, 4) is 0 Å². The predicted octanol–water partition coefficient (Wildman–Crippen LogP) is 2.69. The fourth-order valence-electron chi connectivity index (χ4n) is 4.81. The number of aromatic nitrogens is 2. The third kappa shape index (κ3) is 3.47. The van der Waals surface area contributed by atoms with Crippen molar-refractivity contribution in [2.24, 2.45) is 5.41 Å². The van der Waals surface area contributed by atoms with E-state index >= 15 is 0 Å². The van der Waals surface area contributed by atoms with Gasteiger partial charge in [0.15, 0.2) is 0 Å². The van der Waals surface area contributed by atoms with Gasteiger partial charge in [0.1, 0.15) is 0 Å². The van der Waals surface area contributed by atoms with Crippen molar-refractivity contribution in [2.75, 3.05) is 38.6 Å². The smallest absolute Gasteiger partial charge is 0.231 e. The molecule has 1 aromatic heterocycles. The molecule has 2 aromatic rings.